The Labute approximate surface area is 176 Å². The Morgan fingerprint density at radius 1 is 1.23 bits per heavy atom. The van der Waals surface area contributed by atoms with Crippen molar-refractivity contribution >= 4 is 28.3 Å². The van der Waals surface area contributed by atoms with E-state index in [2.05, 4.69) is 27.2 Å². The third-order valence-corrected chi connectivity index (χ3v) is 5.25. The molecule has 4 rings (SSSR count). The number of pyridine rings is 1. The van der Waals surface area contributed by atoms with E-state index in [1.165, 1.54) is 20.4 Å². The second-order valence-electron chi connectivity index (χ2n) is 6.69. The summed E-state index contributed by atoms with van der Waals surface area (Å²) in [5.74, 6) is 3.18. The number of hydrogen-bond acceptors (Lipinski definition) is 6. The van der Waals surface area contributed by atoms with Gasteiger partial charge in [0.05, 0.1) is 42.4 Å². The molecule has 30 heavy (non-hydrogen) atoms. The number of ether oxygens (including phenoxy) is 2. The maximum absolute atomic E-state index is 14.6. The van der Waals surface area contributed by atoms with Crippen LogP contribution in [0.5, 0.6) is 11.5 Å². The van der Waals surface area contributed by atoms with E-state index in [1.807, 2.05) is 0 Å². The minimum Gasteiger partial charge on any atom is -0.493 e. The Balaban J connectivity index is 1.92. The number of methoxy groups -OCH3 is 2. The van der Waals surface area contributed by atoms with Crippen molar-refractivity contribution in [3.63, 3.8) is 0 Å². The quantitative estimate of drug-likeness (QED) is 0.618. The maximum Gasteiger partial charge on any atom is 0.183 e. The van der Waals surface area contributed by atoms with E-state index < -0.39 is 17.2 Å². The third-order valence-electron chi connectivity index (χ3n) is 4.97. The van der Waals surface area contributed by atoms with E-state index in [4.69, 9.17) is 26.8 Å². The Bertz CT molecular complexity index is 1170. The predicted octanol–water partition coefficient (Wildman–Crippen LogP) is 2.90. The molecule has 1 atom stereocenters. The van der Waals surface area contributed by atoms with Crippen LogP contribution < -0.4 is 20.5 Å². The van der Waals surface area contributed by atoms with E-state index in [0.717, 1.165) is 19.0 Å². The van der Waals surface area contributed by atoms with Gasteiger partial charge < -0.3 is 20.5 Å². The molecule has 1 unspecified atom stereocenters. The normalized spacial score (nSPS) is 15.8. The molecule has 1 fully saturated rings. The first kappa shape index (κ1) is 20.2. The van der Waals surface area contributed by atoms with Crippen molar-refractivity contribution in [1.29, 1.82) is 0 Å². The molecule has 1 aromatic carbocycles. The van der Waals surface area contributed by atoms with Crippen LogP contribution in [0.2, 0.25) is 5.02 Å². The molecule has 10 heteroatoms. The first-order chi connectivity index (χ1) is 14.5. The molecule has 0 bridgehead atoms. The summed E-state index contributed by atoms with van der Waals surface area (Å²) in [7, 11) is 2.54. The van der Waals surface area contributed by atoms with Gasteiger partial charge in [-0.05, 0) is 18.9 Å². The lowest BCUT2D eigenvalue weighted by molar-refractivity contribution is 0.357. The number of nitrogens with one attached hydrogen (secondary N) is 1. The smallest absolute Gasteiger partial charge is 0.183 e. The average Bonchev–Trinajstić information content (AvgIpc) is 3.39. The van der Waals surface area contributed by atoms with E-state index in [9.17, 15) is 8.78 Å². The zero-order chi connectivity index (χ0) is 21.4. The van der Waals surface area contributed by atoms with Gasteiger partial charge >= 0.3 is 0 Å². The van der Waals surface area contributed by atoms with Crippen molar-refractivity contribution in [3.05, 3.63) is 40.2 Å². The van der Waals surface area contributed by atoms with Crippen molar-refractivity contribution in [2.45, 2.75) is 12.5 Å². The maximum atomic E-state index is 14.6. The number of nitrogen functional groups attached to an aromatic ring is 1. The number of nitrogens with zero attached hydrogens (tertiary/aromatic N) is 3. The monoisotopic (exact) mass is 433 g/mol. The van der Waals surface area contributed by atoms with Crippen molar-refractivity contribution in [3.8, 4) is 23.3 Å². The number of halogens is 3. The van der Waals surface area contributed by atoms with Crippen LogP contribution >= 0.6 is 11.6 Å². The van der Waals surface area contributed by atoms with Gasteiger partial charge in [-0.1, -0.05) is 17.5 Å². The number of nitrogens with two attached hydrogens (primary N) is 1. The minimum absolute atomic E-state index is 0.0488. The van der Waals surface area contributed by atoms with Crippen molar-refractivity contribution < 1.29 is 18.3 Å². The highest BCUT2D eigenvalue weighted by molar-refractivity contribution is 6.35. The van der Waals surface area contributed by atoms with Crippen molar-refractivity contribution in [2.75, 3.05) is 33.0 Å². The zero-order valence-electron chi connectivity index (χ0n) is 16.2. The summed E-state index contributed by atoms with van der Waals surface area (Å²) >= 11 is 6.37. The molecule has 7 nitrogen and oxygen atoms in total. The van der Waals surface area contributed by atoms with Crippen molar-refractivity contribution in [1.82, 2.24) is 20.1 Å². The van der Waals surface area contributed by atoms with Crippen LogP contribution in [0.25, 0.3) is 10.9 Å². The summed E-state index contributed by atoms with van der Waals surface area (Å²) < 4.78 is 40.9. The fourth-order valence-corrected chi connectivity index (χ4v) is 3.70. The number of fused-ring (bicyclic) bond motifs is 1. The summed E-state index contributed by atoms with van der Waals surface area (Å²) in [6.45, 7) is 1.55. The van der Waals surface area contributed by atoms with Gasteiger partial charge in [-0.3, -0.25) is 4.68 Å². The molecule has 1 aliphatic heterocycles. The molecule has 0 saturated carbocycles. The Morgan fingerprint density at radius 3 is 2.53 bits per heavy atom. The second-order valence-corrected chi connectivity index (χ2v) is 7.10. The highest BCUT2D eigenvalue weighted by atomic mass is 35.5. The summed E-state index contributed by atoms with van der Waals surface area (Å²) in [5, 5.41) is 8.62. The van der Waals surface area contributed by atoms with Crippen LogP contribution in [0.1, 0.15) is 23.7 Å². The van der Waals surface area contributed by atoms with Gasteiger partial charge in [0.1, 0.15) is 17.1 Å². The van der Waals surface area contributed by atoms with Gasteiger partial charge in [-0.15, -0.1) is 0 Å². The molecule has 1 aliphatic rings. The van der Waals surface area contributed by atoms with Crippen molar-refractivity contribution in [2.24, 2.45) is 0 Å². The molecule has 0 amide bonds. The summed E-state index contributed by atoms with van der Waals surface area (Å²) in [5.41, 5.74) is 6.38. The van der Waals surface area contributed by atoms with Gasteiger partial charge in [-0.25, -0.2) is 13.8 Å². The van der Waals surface area contributed by atoms with Crippen LogP contribution in [-0.2, 0) is 0 Å². The summed E-state index contributed by atoms with van der Waals surface area (Å²) in [4.78, 5) is 4.07. The fraction of sp³-hybridized carbons (Fsp3) is 0.300. The lowest BCUT2D eigenvalue weighted by Gasteiger charge is -2.11. The Hall–Kier alpha value is -3.09. The van der Waals surface area contributed by atoms with Crippen LogP contribution in [0.4, 0.5) is 14.6 Å². The van der Waals surface area contributed by atoms with Crippen LogP contribution in [-0.4, -0.2) is 42.1 Å². The largest absolute Gasteiger partial charge is 0.493 e. The molecule has 0 aliphatic carbocycles. The Morgan fingerprint density at radius 2 is 1.93 bits per heavy atom. The van der Waals surface area contributed by atoms with Crippen LogP contribution in [0.15, 0.2) is 12.3 Å². The second kappa shape index (κ2) is 7.97. The third kappa shape index (κ3) is 3.28. The van der Waals surface area contributed by atoms with Gasteiger partial charge in [-0.2, -0.15) is 5.10 Å². The SMILES string of the molecule is COc1cc(OC)c(F)c(C#Cc2nn(C3CCNC3)c3c(Cl)cnc(N)c23)c1F. The molecule has 2 aromatic heterocycles. The van der Waals surface area contributed by atoms with E-state index in [0.29, 0.717) is 22.5 Å². The zero-order valence-corrected chi connectivity index (χ0v) is 17.0. The summed E-state index contributed by atoms with van der Waals surface area (Å²) in [6.07, 6.45) is 2.29. The van der Waals surface area contributed by atoms with Crippen LogP contribution in [0.3, 0.4) is 0 Å². The van der Waals surface area contributed by atoms with E-state index in [-0.39, 0.29) is 29.1 Å². The summed E-state index contributed by atoms with van der Waals surface area (Å²) in [6, 6.07) is 1.17. The molecule has 3 aromatic rings. The fourth-order valence-electron chi connectivity index (χ4n) is 3.47. The number of hydrogen-bond donors (Lipinski definition) is 2. The molecule has 3 heterocycles. The average molecular weight is 434 g/mol. The Kier molecular flexibility index (Phi) is 5.37. The highest BCUT2D eigenvalue weighted by Gasteiger charge is 2.24. The molecule has 1 saturated heterocycles. The number of rotatable bonds is 3. The first-order valence-corrected chi connectivity index (χ1v) is 9.49. The molecule has 0 spiro atoms. The molecular weight excluding hydrogens is 416 g/mol. The van der Waals surface area contributed by atoms with Gasteiger partial charge in [0.15, 0.2) is 23.1 Å². The highest BCUT2D eigenvalue weighted by Crippen LogP contribution is 2.33. The number of anilines is 1. The lowest BCUT2D eigenvalue weighted by atomic mass is 10.1. The molecule has 3 N–H and O–H groups in total. The standard InChI is InChI=1S/C20H18ClF2N5O2/c1-29-14-7-15(30-2)18(23)11(17(14)22)3-4-13-16-19(12(21)9-26-20(16)24)28(27-13)10-5-6-25-8-10/h7,9-10,25H,5-6,8H2,1-2H3,(H2,24,26). The molecular formula is C20H18ClF2N5O2. The van der Waals surface area contributed by atoms with E-state index >= 15 is 0 Å². The predicted molar refractivity (Wildman–Crippen MR) is 109 cm³/mol. The molecule has 156 valence electrons. The molecule has 0 radical (unpaired) electrons. The van der Waals surface area contributed by atoms with E-state index in [1.54, 1.807) is 4.68 Å². The van der Waals surface area contributed by atoms with Gasteiger partial charge in [0, 0.05) is 12.6 Å². The first-order valence-electron chi connectivity index (χ1n) is 9.11. The minimum atomic E-state index is -0.934. The van der Waals surface area contributed by atoms with Crippen LogP contribution in [0, 0.1) is 23.5 Å². The van der Waals surface area contributed by atoms with Gasteiger partial charge in [0.2, 0.25) is 0 Å². The number of benzene rings is 1. The van der Waals surface area contributed by atoms with Gasteiger partial charge in [0.25, 0.3) is 0 Å². The lowest BCUT2D eigenvalue weighted by Crippen LogP contribution is -2.14. The number of aromatic nitrogens is 3. The topological polar surface area (TPSA) is 87.2 Å².